The molecule has 0 unspecified atom stereocenters. The lowest BCUT2D eigenvalue weighted by Gasteiger charge is -2.08. The minimum absolute atomic E-state index is 0.0166. The summed E-state index contributed by atoms with van der Waals surface area (Å²) in [6.07, 6.45) is 1.34. The van der Waals surface area contributed by atoms with Gasteiger partial charge in [0.1, 0.15) is 11.5 Å². The lowest BCUT2D eigenvalue weighted by Crippen LogP contribution is -2.17. The van der Waals surface area contributed by atoms with Crippen LogP contribution in [0.3, 0.4) is 0 Å². The van der Waals surface area contributed by atoms with Crippen molar-refractivity contribution in [3.05, 3.63) is 83.9 Å². The molecule has 29 heavy (non-hydrogen) atoms. The van der Waals surface area contributed by atoms with Crippen molar-refractivity contribution < 1.29 is 18.8 Å². The highest BCUT2D eigenvalue weighted by Gasteiger charge is 2.13. The lowest BCUT2D eigenvalue weighted by molar-refractivity contribution is -0.114. The molecule has 1 heterocycles. The molecule has 0 radical (unpaired) electrons. The summed E-state index contributed by atoms with van der Waals surface area (Å²) in [6.45, 7) is 1.40. The molecule has 3 amide bonds. The minimum atomic E-state index is -0.565. The summed E-state index contributed by atoms with van der Waals surface area (Å²) in [5.41, 5.74) is 1.66. The molecule has 2 aromatic carbocycles. The first kappa shape index (κ1) is 19.7. The average Bonchev–Trinajstić information content (AvgIpc) is 2.69. The Bertz CT molecular complexity index is 1070. The summed E-state index contributed by atoms with van der Waals surface area (Å²) >= 11 is 0. The summed E-state index contributed by atoms with van der Waals surface area (Å²) in [5.74, 6) is -1.67. The van der Waals surface area contributed by atoms with Crippen LogP contribution in [0.25, 0.3) is 0 Å². The Morgan fingerprint density at radius 2 is 1.45 bits per heavy atom. The Labute approximate surface area is 166 Å². The molecule has 1 aromatic heterocycles. The maximum Gasteiger partial charge on any atom is 0.274 e. The summed E-state index contributed by atoms with van der Waals surface area (Å²) < 4.78 is 13.2. The number of nitrogens with zero attached hydrogens (tertiary/aromatic N) is 1. The quantitative estimate of drug-likeness (QED) is 0.617. The third-order valence-electron chi connectivity index (χ3n) is 3.80. The van der Waals surface area contributed by atoms with Gasteiger partial charge in [0.15, 0.2) is 0 Å². The molecule has 0 aliphatic rings. The van der Waals surface area contributed by atoms with Crippen LogP contribution in [0.2, 0.25) is 0 Å². The van der Waals surface area contributed by atoms with Crippen LogP contribution in [0.5, 0.6) is 0 Å². The van der Waals surface area contributed by atoms with Gasteiger partial charge in [-0.05, 0) is 54.6 Å². The van der Waals surface area contributed by atoms with Crippen molar-refractivity contribution in [2.24, 2.45) is 0 Å². The topological polar surface area (TPSA) is 100 Å². The Kier molecular flexibility index (Phi) is 5.94. The maximum absolute atomic E-state index is 13.2. The third-order valence-corrected chi connectivity index (χ3v) is 3.80. The Morgan fingerprint density at radius 3 is 2.10 bits per heavy atom. The number of aromatic nitrogens is 1. The van der Waals surface area contributed by atoms with E-state index in [0.29, 0.717) is 11.4 Å². The molecule has 0 aliphatic carbocycles. The molecule has 3 aromatic rings. The van der Waals surface area contributed by atoms with Crippen molar-refractivity contribution in [1.29, 1.82) is 0 Å². The highest BCUT2D eigenvalue weighted by atomic mass is 19.1. The number of hydrogen-bond acceptors (Lipinski definition) is 4. The van der Waals surface area contributed by atoms with E-state index in [-0.39, 0.29) is 22.9 Å². The predicted molar refractivity (Wildman–Crippen MR) is 107 cm³/mol. The summed E-state index contributed by atoms with van der Waals surface area (Å²) in [5, 5.41) is 7.86. The summed E-state index contributed by atoms with van der Waals surface area (Å²) in [7, 11) is 0. The van der Waals surface area contributed by atoms with E-state index in [1.165, 1.54) is 43.5 Å². The van der Waals surface area contributed by atoms with Crippen LogP contribution < -0.4 is 16.0 Å². The number of amides is 3. The molecular formula is C21H17FN4O3. The molecule has 0 spiro atoms. The van der Waals surface area contributed by atoms with Gasteiger partial charge in [-0.2, -0.15) is 0 Å². The number of hydrogen-bond donors (Lipinski definition) is 3. The van der Waals surface area contributed by atoms with Gasteiger partial charge in [0.25, 0.3) is 11.8 Å². The summed E-state index contributed by atoms with van der Waals surface area (Å²) in [4.78, 5) is 39.8. The van der Waals surface area contributed by atoms with Crippen LogP contribution in [0.4, 0.5) is 21.5 Å². The Balaban J connectivity index is 1.68. The number of carbonyl (C=O) groups excluding carboxylic acids is 3. The van der Waals surface area contributed by atoms with Gasteiger partial charge in [-0.3, -0.25) is 19.4 Å². The molecule has 0 saturated heterocycles. The van der Waals surface area contributed by atoms with E-state index in [2.05, 4.69) is 20.9 Å². The number of anilines is 3. The van der Waals surface area contributed by atoms with Crippen molar-refractivity contribution in [2.45, 2.75) is 6.92 Å². The van der Waals surface area contributed by atoms with Gasteiger partial charge in [-0.25, -0.2) is 4.39 Å². The molecule has 7 nitrogen and oxygen atoms in total. The second kappa shape index (κ2) is 8.75. The fourth-order valence-corrected chi connectivity index (χ4v) is 2.50. The largest absolute Gasteiger partial charge is 0.326 e. The van der Waals surface area contributed by atoms with Crippen LogP contribution in [0.1, 0.15) is 27.8 Å². The van der Waals surface area contributed by atoms with Gasteiger partial charge >= 0.3 is 0 Å². The third kappa shape index (κ3) is 5.46. The van der Waals surface area contributed by atoms with Crippen LogP contribution in [0.15, 0.2) is 66.9 Å². The number of pyridine rings is 1. The monoisotopic (exact) mass is 392 g/mol. The Morgan fingerprint density at radius 1 is 0.793 bits per heavy atom. The average molecular weight is 392 g/mol. The van der Waals surface area contributed by atoms with E-state index in [1.54, 1.807) is 30.3 Å². The van der Waals surface area contributed by atoms with Crippen molar-refractivity contribution in [2.75, 3.05) is 16.0 Å². The number of carbonyl (C=O) groups is 3. The van der Waals surface area contributed by atoms with Crippen molar-refractivity contribution in [1.82, 2.24) is 4.98 Å². The molecule has 0 saturated carbocycles. The van der Waals surface area contributed by atoms with E-state index >= 15 is 0 Å². The molecule has 0 aliphatic heterocycles. The van der Waals surface area contributed by atoms with Crippen LogP contribution in [0, 0.1) is 5.82 Å². The van der Waals surface area contributed by atoms with E-state index in [4.69, 9.17) is 0 Å². The zero-order valence-corrected chi connectivity index (χ0v) is 15.4. The lowest BCUT2D eigenvalue weighted by atomic mass is 10.2. The van der Waals surface area contributed by atoms with Gasteiger partial charge < -0.3 is 16.0 Å². The molecule has 0 atom stereocenters. The van der Waals surface area contributed by atoms with Gasteiger partial charge in [-0.1, -0.05) is 6.07 Å². The van der Waals surface area contributed by atoms with Crippen LogP contribution in [-0.4, -0.2) is 22.7 Å². The van der Waals surface area contributed by atoms with Crippen LogP contribution >= 0.6 is 0 Å². The van der Waals surface area contributed by atoms with Crippen molar-refractivity contribution in [3.8, 4) is 0 Å². The van der Waals surface area contributed by atoms with Crippen LogP contribution in [-0.2, 0) is 4.79 Å². The van der Waals surface area contributed by atoms with E-state index in [9.17, 15) is 18.8 Å². The molecule has 0 bridgehead atoms. The maximum atomic E-state index is 13.2. The molecule has 0 fully saturated rings. The standard InChI is InChI=1S/C21H17FN4O3/c1-13(27)24-16-5-7-17(8-6-16)25-20(28)14-9-10-23-19(11-14)21(29)26-18-4-2-3-15(22)12-18/h2-12H,1H3,(H,24,27)(H,25,28)(H,26,29). The smallest absolute Gasteiger partial charge is 0.274 e. The van der Waals surface area contributed by atoms with Gasteiger partial charge in [0.2, 0.25) is 5.91 Å². The first-order chi connectivity index (χ1) is 13.9. The van der Waals surface area contributed by atoms with E-state index in [0.717, 1.165) is 0 Å². The fourth-order valence-electron chi connectivity index (χ4n) is 2.50. The number of nitrogens with one attached hydrogen (secondary N) is 3. The van der Waals surface area contributed by atoms with E-state index in [1.807, 2.05) is 0 Å². The summed E-state index contributed by atoms with van der Waals surface area (Å²) in [6, 6.07) is 14.9. The first-order valence-electron chi connectivity index (χ1n) is 8.63. The molecular weight excluding hydrogens is 375 g/mol. The number of rotatable bonds is 5. The number of benzene rings is 2. The molecule has 3 N–H and O–H groups in total. The Hall–Kier alpha value is -4.07. The van der Waals surface area contributed by atoms with Gasteiger partial charge in [-0.15, -0.1) is 0 Å². The van der Waals surface area contributed by atoms with E-state index < -0.39 is 17.6 Å². The minimum Gasteiger partial charge on any atom is -0.326 e. The number of halogens is 1. The second-order valence-corrected chi connectivity index (χ2v) is 6.11. The van der Waals surface area contributed by atoms with Crippen molar-refractivity contribution >= 4 is 34.8 Å². The molecule has 146 valence electrons. The molecule has 3 rings (SSSR count). The second-order valence-electron chi connectivity index (χ2n) is 6.11. The zero-order valence-electron chi connectivity index (χ0n) is 15.4. The first-order valence-corrected chi connectivity index (χ1v) is 8.63. The normalized spacial score (nSPS) is 10.1. The zero-order chi connectivity index (χ0) is 20.8. The van der Waals surface area contributed by atoms with Gasteiger partial charge in [0.05, 0.1) is 0 Å². The van der Waals surface area contributed by atoms with Gasteiger partial charge in [0, 0.05) is 35.7 Å². The molecule has 8 heteroatoms. The highest BCUT2D eigenvalue weighted by molar-refractivity contribution is 6.07. The highest BCUT2D eigenvalue weighted by Crippen LogP contribution is 2.15. The fraction of sp³-hybridized carbons (Fsp3) is 0.0476. The predicted octanol–water partition coefficient (Wildman–Crippen LogP) is 3.68. The SMILES string of the molecule is CC(=O)Nc1ccc(NC(=O)c2ccnc(C(=O)Nc3cccc(F)c3)c2)cc1. The van der Waals surface area contributed by atoms with Crippen molar-refractivity contribution in [3.63, 3.8) is 0 Å².